The van der Waals surface area contributed by atoms with Crippen molar-refractivity contribution in [3.8, 4) is 0 Å². The van der Waals surface area contributed by atoms with Gasteiger partial charge in [0.2, 0.25) is 11.8 Å². The summed E-state index contributed by atoms with van der Waals surface area (Å²) in [5, 5.41) is 3.56. The Morgan fingerprint density at radius 2 is 2.00 bits per heavy atom. The molecule has 2 aliphatic rings. The Balaban J connectivity index is 1.89. The molecule has 1 saturated heterocycles. The fraction of sp³-hybridized carbons (Fsp3) is 0.560. The molecule has 1 aromatic carbocycles. The number of nitrogens with one attached hydrogen (secondary N) is 1. The summed E-state index contributed by atoms with van der Waals surface area (Å²) in [6.45, 7) is 3.07. The Morgan fingerprint density at radius 3 is 2.69 bits per heavy atom. The highest BCUT2D eigenvalue weighted by Crippen LogP contribution is 2.52. The molecule has 1 heterocycles. The number of benzene rings is 1. The number of likely N-dealkylation sites (tertiary alicyclic amines) is 1. The summed E-state index contributed by atoms with van der Waals surface area (Å²) in [7, 11) is 1.36. The van der Waals surface area contributed by atoms with Crippen LogP contribution in [0, 0.1) is 11.3 Å². The van der Waals surface area contributed by atoms with E-state index < -0.39 is 17.3 Å². The smallest absolute Gasteiger partial charge is 0.318 e. The lowest BCUT2D eigenvalue weighted by Crippen LogP contribution is -2.41. The third-order valence-corrected chi connectivity index (χ3v) is 6.85. The first kappa shape index (κ1) is 24.3. The van der Waals surface area contributed by atoms with Crippen molar-refractivity contribution >= 4 is 29.4 Å². The van der Waals surface area contributed by atoms with Gasteiger partial charge < -0.3 is 15.0 Å². The van der Waals surface area contributed by atoms with Crippen LogP contribution in [-0.4, -0.2) is 42.9 Å². The largest absolute Gasteiger partial charge is 0.468 e. The average Bonchev–Trinajstić information content (AvgIpc) is 2.92. The molecule has 1 fully saturated rings. The van der Waals surface area contributed by atoms with Gasteiger partial charge in [0.05, 0.1) is 13.0 Å². The Hall–Kier alpha value is -2.34. The number of rotatable bonds is 9. The van der Waals surface area contributed by atoms with Gasteiger partial charge in [-0.05, 0) is 49.8 Å². The number of carbonyl (C=O) groups excluding carboxylic acids is 3. The lowest BCUT2D eigenvalue weighted by Gasteiger charge is -2.31. The van der Waals surface area contributed by atoms with Crippen LogP contribution in [-0.2, 0) is 25.5 Å². The highest BCUT2D eigenvalue weighted by molar-refractivity contribution is 6.30. The predicted octanol–water partition coefficient (Wildman–Crippen LogP) is 4.26. The molecule has 2 amide bonds. The van der Waals surface area contributed by atoms with Gasteiger partial charge in [-0.2, -0.15) is 0 Å². The molecule has 1 aromatic rings. The van der Waals surface area contributed by atoms with Crippen LogP contribution in [0.3, 0.4) is 0 Å². The molecule has 2 atom stereocenters. The number of hydrogen-bond donors (Lipinski definition) is 1. The van der Waals surface area contributed by atoms with Gasteiger partial charge in [0, 0.05) is 30.2 Å². The Labute approximate surface area is 195 Å². The van der Waals surface area contributed by atoms with Crippen LogP contribution >= 0.6 is 11.6 Å². The van der Waals surface area contributed by atoms with Crippen LogP contribution in [0.5, 0.6) is 0 Å². The first-order chi connectivity index (χ1) is 15.4. The van der Waals surface area contributed by atoms with Crippen molar-refractivity contribution in [3.63, 3.8) is 0 Å². The monoisotopic (exact) mass is 460 g/mol. The minimum atomic E-state index is -1.09. The van der Waals surface area contributed by atoms with E-state index in [0.29, 0.717) is 36.7 Å². The molecule has 3 rings (SSSR count). The number of carbonyl (C=O) groups is 3. The Bertz CT molecular complexity index is 867. The first-order valence-electron chi connectivity index (χ1n) is 11.6. The number of methoxy groups -OCH3 is 1. The van der Waals surface area contributed by atoms with Gasteiger partial charge >= 0.3 is 5.97 Å². The molecule has 0 aromatic heterocycles. The highest BCUT2D eigenvalue weighted by atomic mass is 35.5. The van der Waals surface area contributed by atoms with E-state index in [2.05, 4.69) is 12.2 Å². The first-order valence-corrected chi connectivity index (χ1v) is 11.9. The van der Waals surface area contributed by atoms with Crippen LogP contribution in [0.2, 0.25) is 5.02 Å². The highest BCUT2D eigenvalue weighted by Gasteiger charge is 2.61. The van der Waals surface area contributed by atoms with E-state index in [-0.39, 0.29) is 18.2 Å². The second-order valence-corrected chi connectivity index (χ2v) is 9.06. The van der Waals surface area contributed by atoms with Gasteiger partial charge in [-0.1, -0.05) is 49.6 Å². The normalized spacial score (nSPS) is 22.7. The van der Waals surface area contributed by atoms with Gasteiger partial charge in [0.1, 0.15) is 5.41 Å². The maximum absolute atomic E-state index is 13.6. The zero-order chi connectivity index (χ0) is 23.1. The molecule has 174 valence electrons. The third-order valence-electron chi connectivity index (χ3n) is 6.60. The lowest BCUT2D eigenvalue weighted by atomic mass is 9.71. The fourth-order valence-corrected chi connectivity index (χ4v) is 5.02. The number of fused-ring (bicyclic) bond motifs is 1. The number of ether oxygens (including phenoxy) is 1. The van der Waals surface area contributed by atoms with Crippen LogP contribution < -0.4 is 5.32 Å². The van der Waals surface area contributed by atoms with Crippen LogP contribution in [0.15, 0.2) is 36.0 Å². The molecule has 0 saturated carbocycles. The van der Waals surface area contributed by atoms with Crippen molar-refractivity contribution in [1.82, 2.24) is 10.2 Å². The topological polar surface area (TPSA) is 75.7 Å². The number of esters is 1. The summed E-state index contributed by atoms with van der Waals surface area (Å²) in [5.74, 6) is -1.52. The molecule has 0 radical (unpaired) electrons. The van der Waals surface area contributed by atoms with Gasteiger partial charge in [0.25, 0.3) is 0 Å². The maximum atomic E-state index is 13.6. The molecular weight excluding hydrogens is 428 g/mol. The van der Waals surface area contributed by atoms with Crippen molar-refractivity contribution in [2.24, 2.45) is 11.3 Å². The lowest BCUT2D eigenvalue weighted by molar-refractivity contribution is -0.155. The number of unbranched alkanes of at least 4 members (excludes halogenated alkanes) is 1. The van der Waals surface area contributed by atoms with Crippen molar-refractivity contribution in [1.29, 1.82) is 0 Å². The maximum Gasteiger partial charge on any atom is 0.318 e. The zero-order valence-electron chi connectivity index (χ0n) is 19.0. The molecule has 0 bridgehead atoms. The number of allylic oxidation sites excluding steroid dienone is 1. The number of hydrogen-bond acceptors (Lipinski definition) is 4. The van der Waals surface area contributed by atoms with Gasteiger partial charge in [-0.15, -0.1) is 0 Å². The summed E-state index contributed by atoms with van der Waals surface area (Å²) < 4.78 is 5.23. The minimum absolute atomic E-state index is 0.00751. The summed E-state index contributed by atoms with van der Waals surface area (Å²) in [5.41, 5.74) is 0.678. The van der Waals surface area contributed by atoms with E-state index in [1.807, 2.05) is 30.3 Å². The molecule has 32 heavy (non-hydrogen) atoms. The van der Waals surface area contributed by atoms with E-state index >= 15 is 0 Å². The summed E-state index contributed by atoms with van der Waals surface area (Å²) >= 11 is 5.99. The molecule has 1 aliphatic heterocycles. The molecule has 0 spiro atoms. The van der Waals surface area contributed by atoms with E-state index in [1.54, 1.807) is 4.90 Å². The molecular formula is C25H33ClN2O4. The molecule has 0 unspecified atom stereocenters. The third kappa shape index (κ3) is 5.01. The molecule has 1 N–H and O–H groups in total. The van der Waals surface area contributed by atoms with E-state index in [1.165, 1.54) is 7.11 Å². The van der Waals surface area contributed by atoms with Crippen LogP contribution in [0.1, 0.15) is 57.4 Å². The molecule has 1 aliphatic carbocycles. The van der Waals surface area contributed by atoms with Gasteiger partial charge in [-0.3, -0.25) is 14.4 Å². The number of nitrogens with zero attached hydrogens (tertiary/aromatic N) is 1. The standard InChI is InChI=1S/C25H33ClN2O4/c1-3-4-15-27-22(29)17-20-23(30)28(16-13-18-9-11-19(26)12-10-18)21-8-6-5-7-14-25(20,21)24(31)32-2/h8-12,20H,3-7,13-17H2,1-2H3,(H,27,29)/t20-,25-/m1/s1. The quantitative estimate of drug-likeness (QED) is 0.441. The molecule has 7 heteroatoms. The van der Waals surface area contributed by atoms with E-state index in [4.69, 9.17) is 16.3 Å². The second kappa shape index (κ2) is 11.0. The number of halogens is 1. The van der Waals surface area contributed by atoms with Crippen molar-refractivity contribution in [3.05, 3.63) is 46.6 Å². The Morgan fingerprint density at radius 1 is 1.25 bits per heavy atom. The minimum Gasteiger partial charge on any atom is -0.468 e. The van der Waals surface area contributed by atoms with Crippen molar-refractivity contribution < 1.29 is 19.1 Å². The average molecular weight is 461 g/mol. The summed E-state index contributed by atoms with van der Waals surface area (Å²) in [6, 6.07) is 7.54. The van der Waals surface area contributed by atoms with Crippen LogP contribution in [0.4, 0.5) is 0 Å². The predicted molar refractivity (Wildman–Crippen MR) is 124 cm³/mol. The fourth-order valence-electron chi connectivity index (χ4n) is 4.90. The number of amides is 2. The van der Waals surface area contributed by atoms with Crippen molar-refractivity contribution in [2.75, 3.05) is 20.2 Å². The zero-order valence-corrected chi connectivity index (χ0v) is 19.7. The van der Waals surface area contributed by atoms with E-state index in [9.17, 15) is 14.4 Å². The van der Waals surface area contributed by atoms with E-state index in [0.717, 1.165) is 37.7 Å². The van der Waals surface area contributed by atoms with Crippen LogP contribution in [0.25, 0.3) is 0 Å². The SMILES string of the molecule is CCCCNC(=O)C[C@@H]1C(=O)N(CCc2ccc(Cl)cc2)C2=CCCCC[C@]21C(=O)OC. The summed E-state index contributed by atoms with van der Waals surface area (Å²) in [6.07, 6.45) is 7.55. The Kier molecular flexibility index (Phi) is 8.35. The van der Waals surface area contributed by atoms with Crippen molar-refractivity contribution in [2.45, 2.75) is 58.3 Å². The van der Waals surface area contributed by atoms with Gasteiger partial charge in [0.15, 0.2) is 0 Å². The van der Waals surface area contributed by atoms with Gasteiger partial charge in [-0.25, -0.2) is 0 Å². The molecule has 6 nitrogen and oxygen atoms in total. The second-order valence-electron chi connectivity index (χ2n) is 8.62. The summed E-state index contributed by atoms with van der Waals surface area (Å²) in [4.78, 5) is 41.2.